The molecule has 2 aliphatic rings. The number of piperidine rings is 1. The Labute approximate surface area is 147 Å². The van der Waals surface area contributed by atoms with Crippen LogP contribution in [0.15, 0.2) is 29.2 Å². The number of halogens is 1. The van der Waals surface area contributed by atoms with Crippen LogP contribution in [0.3, 0.4) is 0 Å². The lowest BCUT2D eigenvalue weighted by atomic mass is 9.97. The summed E-state index contributed by atoms with van der Waals surface area (Å²) in [5.41, 5.74) is 0. The molecule has 25 heavy (non-hydrogen) atoms. The fraction of sp³-hybridized carbons (Fsp3) is 0.588. The third kappa shape index (κ3) is 4.19. The summed E-state index contributed by atoms with van der Waals surface area (Å²) in [6.07, 6.45) is 2.94. The lowest BCUT2D eigenvalue weighted by Gasteiger charge is -2.30. The summed E-state index contributed by atoms with van der Waals surface area (Å²) in [5.74, 6) is -1.02. The zero-order valence-corrected chi connectivity index (χ0v) is 14.8. The van der Waals surface area contributed by atoms with Crippen molar-refractivity contribution in [3.05, 3.63) is 30.1 Å². The number of nitrogens with zero attached hydrogens (tertiary/aromatic N) is 1. The van der Waals surface area contributed by atoms with E-state index in [0.29, 0.717) is 19.4 Å². The SMILES string of the molecule is O=C(NCC1CCCO1)C1CCN(S(=O)(=O)c2ccccc2F)CC1. The molecule has 0 saturated carbocycles. The Bertz CT molecular complexity index is 711. The largest absolute Gasteiger partial charge is 0.376 e. The molecule has 0 aliphatic carbocycles. The third-order valence-electron chi connectivity index (χ3n) is 4.81. The van der Waals surface area contributed by atoms with E-state index in [2.05, 4.69) is 5.32 Å². The molecule has 2 aliphatic heterocycles. The number of hydrogen-bond donors (Lipinski definition) is 1. The number of amides is 1. The molecule has 1 amide bonds. The van der Waals surface area contributed by atoms with E-state index in [1.807, 2.05) is 0 Å². The Morgan fingerprint density at radius 1 is 1.24 bits per heavy atom. The Hall–Kier alpha value is -1.51. The van der Waals surface area contributed by atoms with Crippen LogP contribution in [0.5, 0.6) is 0 Å². The first-order valence-corrected chi connectivity index (χ1v) is 10.1. The highest BCUT2D eigenvalue weighted by molar-refractivity contribution is 7.89. The van der Waals surface area contributed by atoms with Crippen molar-refractivity contribution in [3.63, 3.8) is 0 Å². The van der Waals surface area contributed by atoms with Crippen LogP contribution in [0.25, 0.3) is 0 Å². The zero-order valence-electron chi connectivity index (χ0n) is 14.0. The quantitative estimate of drug-likeness (QED) is 0.853. The first-order chi connectivity index (χ1) is 12.0. The predicted octanol–water partition coefficient (Wildman–Crippen LogP) is 1.52. The van der Waals surface area contributed by atoms with Gasteiger partial charge in [0.15, 0.2) is 0 Å². The molecule has 1 aromatic rings. The summed E-state index contributed by atoms with van der Waals surface area (Å²) in [4.78, 5) is 11.9. The molecule has 1 atom stereocenters. The molecular weight excluding hydrogens is 347 g/mol. The van der Waals surface area contributed by atoms with E-state index < -0.39 is 15.8 Å². The Balaban J connectivity index is 1.54. The van der Waals surface area contributed by atoms with Crippen molar-refractivity contribution in [2.75, 3.05) is 26.2 Å². The van der Waals surface area contributed by atoms with E-state index in [-0.39, 0.29) is 35.9 Å². The molecule has 1 unspecified atom stereocenters. The molecule has 0 radical (unpaired) electrons. The van der Waals surface area contributed by atoms with Gasteiger partial charge in [0.2, 0.25) is 15.9 Å². The number of rotatable bonds is 5. The monoisotopic (exact) mass is 370 g/mol. The summed E-state index contributed by atoms with van der Waals surface area (Å²) < 4.78 is 45.7. The predicted molar refractivity (Wildman–Crippen MR) is 89.9 cm³/mol. The highest BCUT2D eigenvalue weighted by Gasteiger charge is 2.33. The second kappa shape index (κ2) is 7.80. The van der Waals surface area contributed by atoms with Gasteiger partial charge in [-0.15, -0.1) is 0 Å². The number of ether oxygens (including phenoxy) is 1. The van der Waals surface area contributed by atoms with E-state index in [0.717, 1.165) is 25.5 Å². The molecule has 2 fully saturated rings. The van der Waals surface area contributed by atoms with Crippen LogP contribution in [0.2, 0.25) is 0 Å². The van der Waals surface area contributed by atoms with Crippen LogP contribution in [0, 0.1) is 11.7 Å². The molecule has 8 heteroatoms. The van der Waals surface area contributed by atoms with Crippen molar-refractivity contribution in [3.8, 4) is 0 Å². The number of carbonyl (C=O) groups excluding carboxylic acids is 1. The summed E-state index contributed by atoms with van der Waals surface area (Å²) >= 11 is 0. The van der Waals surface area contributed by atoms with Crippen LogP contribution < -0.4 is 5.32 Å². The van der Waals surface area contributed by atoms with Gasteiger partial charge in [0.05, 0.1) is 6.10 Å². The first-order valence-electron chi connectivity index (χ1n) is 8.62. The molecule has 138 valence electrons. The van der Waals surface area contributed by atoms with Gasteiger partial charge in [0, 0.05) is 32.2 Å². The van der Waals surface area contributed by atoms with Gasteiger partial charge in [0.1, 0.15) is 10.7 Å². The van der Waals surface area contributed by atoms with Gasteiger partial charge in [-0.05, 0) is 37.8 Å². The van der Waals surface area contributed by atoms with Gasteiger partial charge in [-0.3, -0.25) is 4.79 Å². The van der Waals surface area contributed by atoms with Crippen LogP contribution in [0.4, 0.5) is 4.39 Å². The van der Waals surface area contributed by atoms with E-state index in [9.17, 15) is 17.6 Å². The van der Waals surface area contributed by atoms with Gasteiger partial charge in [-0.2, -0.15) is 4.31 Å². The normalized spacial score (nSPS) is 22.8. The van der Waals surface area contributed by atoms with Crippen molar-refractivity contribution >= 4 is 15.9 Å². The van der Waals surface area contributed by atoms with Gasteiger partial charge >= 0.3 is 0 Å². The molecule has 1 aromatic carbocycles. The number of sulfonamides is 1. The number of hydrogen-bond acceptors (Lipinski definition) is 4. The van der Waals surface area contributed by atoms with Crippen molar-refractivity contribution in [1.29, 1.82) is 0 Å². The van der Waals surface area contributed by atoms with Crippen LogP contribution >= 0.6 is 0 Å². The van der Waals surface area contributed by atoms with Crippen molar-refractivity contribution in [2.24, 2.45) is 5.92 Å². The Morgan fingerprint density at radius 3 is 2.60 bits per heavy atom. The molecule has 0 aromatic heterocycles. The lowest BCUT2D eigenvalue weighted by molar-refractivity contribution is -0.126. The summed E-state index contributed by atoms with van der Waals surface area (Å²) in [6, 6.07) is 5.36. The lowest BCUT2D eigenvalue weighted by Crippen LogP contribution is -2.44. The molecule has 3 rings (SSSR count). The van der Waals surface area contributed by atoms with Gasteiger partial charge in [-0.1, -0.05) is 12.1 Å². The molecule has 0 bridgehead atoms. The summed E-state index contributed by atoms with van der Waals surface area (Å²) in [6.45, 7) is 1.68. The molecular formula is C17H23FN2O4S. The number of benzene rings is 1. The number of nitrogens with one attached hydrogen (secondary N) is 1. The minimum atomic E-state index is -3.86. The highest BCUT2D eigenvalue weighted by Crippen LogP contribution is 2.25. The van der Waals surface area contributed by atoms with Gasteiger partial charge < -0.3 is 10.1 Å². The summed E-state index contributed by atoms with van der Waals surface area (Å²) in [5, 5.41) is 2.90. The number of carbonyl (C=O) groups is 1. The smallest absolute Gasteiger partial charge is 0.245 e. The molecule has 2 saturated heterocycles. The molecule has 6 nitrogen and oxygen atoms in total. The van der Waals surface area contributed by atoms with Crippen molar-refractivity contribution in [1.82, 2.24) is 9.62 Å². The van der Waals surface area contributed by atoms with Gasteiger partial charge in [0.25, 0.3) is 0 Å². The Kier molecular flexibility index (Phi) is 5.71. The fourth-order valence-corrected chi connectivity index (χ4v) is 4.85. The maximum atomic E-state index is 13.8. The summed E-state index contributed by atoms with van der Waals surface area (Å²) in [7, 11) is -3.86. The van der Waals surface area contributed by atoms with E-state index in [1.54, 1.807) is 0 Å². The first kappa shape index (κ1) is 18.3. The average Bonchev–Trinajstić information content (AvgIpc) is 3.13. The zero-order chi connectivity index (χ0) is 17.9. The fourth-order valence-electron chi connectivity index (χ4n) is 3.32. The minimum Gasteiger partial charge on any atom is -0.376 e. The second-order valence-corrected chi connectivity index (χ2v) is 8.40. The molecule has 0 spiro atoms. The van der Waals surface area contributed by atoms with E-state index in [1.165, 1.54) is 22.5 Å². The van der Waals surface area contributed by atoms with Crippen LogP contribution in [-0.2, 0) is 19.6 Å². The Morgan fingerprint density at radius 2 is 1.96 bits per heavy atom. The average molecular weight is 370 g/mol. The maximum Gasteiger partial charge on any atom is 0.245 e. The molecule has 2 heterocycles. The minimum absolute atomic E-state index is 0.0570. The maximum absolute atomic E-state index is 13.8. The second-order valence-electron chi connectivity index (χ2n) is 6.49. The van der Waals surface area contributed by atoms with Crippen molar-refractivity contribution in [2.45, 2.75) is 36.7 Å². The van der Waals surface area contributed by atoms with E-state index in [4.69, 9.17) is 4.74 Å². The van der Waals surface area contributed by atoms with Crippen LogP contribution in [0.1, 0.15) is 25.7 Å². The standard InChI is InChI=1S/C17H23FN2O4S/c18-15-5-1-2-6-16(15)25(22,23)20-9-7-13(8-10-20)17(21)19-12-14-4-3-11-24-14/h1-2,5-6,13-14H,3-4,7-12H2,(H,19,21). The molecule has 1 N–H and O–H groups in total. The third-order valence-corrected chi connectivity index (χ3v) is 6.74. The van der Waals surface area contributed by atoms with Crippen molar-refractivity contribution < 1.29 is 22.3 Å². The van der Waals surface area contributed by atoms with Crippen LogP contribution in [-0.4, -0.2) is 51.0 Å². The topological polar surface area (TPSA) is 75.7 Å². The van der Waals surface area contributed by atoms with Gasteiger partial charge in [-0.25, -0.2) is 12.8 Å². The highest BCUT2D eigenvalue weighted by atomic mass is 32.2. The van der Waals surface area contributed by atoms with E-state index >= 15 is 0 Å².